The van der Waals surface area contributed by atoms with Gasteiger partial charge in [-0.25, -0.2) is 4.79 Å². The Labute approximate surface area is 204 Å². The van der Waals surface area contributed by atoms with E-state index in [1.165, 1.54) is 4.90 Å². The van der Waals surface area contributed by atoms with Gasteiger partial charge in [-0.15, -0.1) is 0 Å². The average molecular weight is 483 g/mol. The van der Waals surface area contributed by atoms with Gasteiger partial charge in [-0.2, -0.15) is 0 Å². The molecular formula is C26H30N2O7. The fraction of sp³-hybridized carbons (Fsp3) is 0.385. The Kier molecular flexibility index (Phi) is 9.23. The largest absolute Gasteiger partial charge is 0.494 e. The molecule has 1 saturated heterocycles. The molecular weight excluding hydrogens is 452 g/mol. The fourth-order valence-corrected chi connectivity index (χ4v) is 3.54. The lowest BCUT2D eigenvalue weighted by Crippen LogP contribution is -2.28. The van der Waals surface area contributed by atoms with Gasteiger partial charge >= 0.3 is 11.9 Å². The van der Waals surface area contributed by atoms with E-state index in [4.69, 9.17) is 14.2 Å². The Morgan fingerprint density at radius 3 is 2.37 bits per heavy atom. The topological polar surface area (TPSA) is 111 Å². The summed E-state index contributed by atoms with van der Waals surface area (Å²) in [6, 6.07) is 13.3. The van der Waals surface area contributed by atoms with Gasteiger partial charge in [0.15, 0.2) is 6.61 Å². The normalized spacial score (nSPS) is 15.0. The van der Waals surface area contributed by atoms with Crippen LogP contribution >= 0.6 is 0 Å². The number of ether oxygens (including phenoxy) is 3. The molecule has 0 aliphatic carbocycles. The highest BCUT2D eigenvalue weighted by molar-refractivity contribution is 6.00. The SMILES string of the molecule is CCCCOC(=O)c1ccc(N2C[C@@H](C(=O)OCC(=O)Nc3ccc(OCC)cc3)CC2=O)cc1. The minimum atomic E-state index is -0.681. The summed E-state index contributed by atoms with van der Waals surface area (Å²) in [5.41, 5.74) is 1.52. The maximum Gasteiger partial charge on any atom is 0.338 e. The van der Waals surface area contributed by atoms with Crippen LogP contribution in [0.4, 0.5) is 11.4 Å². The molecule has 35 heavy (non-hydrogen) atoms. The molecule has 9 heteroatoms. The lowest BCUT2D eigenvalue weighted by atomic mass is 10.1. The predicted octanol–water partition coefficient (Wildman–Crippen LogP) is 3.58. The number of rotatable bonds is 11. The summed E-state index contributed by atoms with van der Waals surface area (Å²) in [7, 11) is 0. The van der Waals surface area contributed by atoms with E-state index in [9.17, 15) is 19.2 Å². The van der Waals surface area contributed by atoms with E-state index < -0.39 is 30.4 Å². The molecule has 0 aromatic heterocycles. The van der Waals surface area contributed by atoms with Crippen molar-refractivity contribution in [1.82, 2.24) is 0 Å². The first-order valence-electron chi connectivity index (χ1n) is 11.7. The number of esters is 2. The number of benzene rings is 2. The second-order valence-electron chi connectivity index (χ2n) is 8.06. The number of hydrogen-bond acceptors (Lipinski definition) is 7. The van der Waals surface area contributed by atoms with Crippen molar-refractivity contribution in [3.8, 4) is 5.75 Å². The molecule has 186 valence electrons. The molecule has 1 aliphatic heterocycles. The highest BCUT2D eigenvalue weighted by atomic mass is 16.5. The number of carbonyl (C=O) groups is 4. The zero-order valence-electron chi connectivity index (χ0n) is 20.0. The molecule has 9 nitrogen and oxygen atoms in total. The molecule has 1 N–H and O–H groups in total. The van der Waals surface area contributed by atoms with Crippen LogP contribution < -0.4 is 15.0 Å². The minimum absolute atomic E-state index is 0.0137. The monoisotopic (exact) mass is 482 g/mol. The second-order valence-corrected chi connectivity index (χ2v) is 8.06. The Morgan fingerprint density at radius 2 is 1.71 bits per heavy atom. The van der Waals surface area contributed by atoms with Gasteiger partial charge in [-0.1, -0.05) is 13.3 Å². The molecule has 1 fully saturated rings. The van der Waals surface area contributed by atoms with Crippen molar-refractivity contribution in [1.29, 1.82) is 0 Å². The van der Waals surface area contributed by atoms with Crippen LogP contribution in [0.1, 0.15) is 43.5 Å². The number of nitrogens with one attached hydrogen (secondary N) is 1. The van der Waals surface area contributed by atoms with Crippen LogP contribution in [0.5, 0.6) is 5.75 Å². The van der Waals surface area contributed by atoms with Crippen LogP contribution in [0.2, 0.25) is 0 Å². The van der Waals surface area contributed by atoms with Gasteiger partial charge in [0.05, 0.1) is 24.7 Å². The smallest absolute Gasteiger partial charge is 0.338 e. The Hall–Kier alpha value is -3.88. The summed E-state index contributed by atoms with van der Waals surface area (Å²) in [5.74, 6) is -1.73. The lowest BCUT2D eigenvalue weighted by Gasteiger charge is -2.17. The molecule has 0 spiro atoms. The maximum absolute atomic E-state index is 12.5. The molecule has 0 radical (unpaired) electrons. The van der Waals surface area contributed by atoms with Crippen molar-refractivity contribution in [2.75, 3.05) is 36.6 Å². The summed E-state index contributed by atoms with van der Waals surface area (Å²) in [4.78, 5) is 50.6. The fourth-order valence-electron chi connectivity index (χ4n) is 3.54. The molecule has 2 amide bonds. The van der Waals surface area contributed by atoms with Crippen molar-refractivity contribution >= 4 is 35.1 Å². The lowest BCUT2D eigenvalue weighted by molar-refractivity contribution is -0.151. The number of amides is 2. The molecule has 0 bridgehead atoms. The second kappa shape index (κ2) is 12.5. The van der Waals surface area contributed by atoms with Gasteiger partial charge in [-0.05, 0) is 61.9 Å². The highest BCUT2D eigenvalue weighted by Crippen LogP contribution is 2.26. The van der Waals surface area contributed by atoms with Crippen molar-refractivity contribution in [2.24, 2.45) is 5.92 Å². The number of unbranched alkanes of at least 4 members (excludes halogenated alkanes) is 1. The van der Waals surface area contributed by atoms with Crippen LogP contribution in [0.15, 0.2) is 48.5 Å². The molecule has 1 atom stereocenters. The predicted molar refractivity (Wildman–Crippen MR) is 129 cm³/mol. The van der Waals surface area contributed by atoms with Crippen molar-refractivity contribution in [3.63, 3.8) is 0 Å². The average Bonchev–Trinajstić information content (AvgIpc) is 3.25. The van der Waals surface area contributed by atoms with Gasteiger partial charge in [0.25, 0.3) is 5.91 Å². The molecule has 3 rings (SSSR count). The summed E-state index contributed by atoms with van der Waals surface area (Å²) < 4.78 is 15.7. The molecule has 2 aromatic carbocycles. The molecule has 1 aliphatic rings. The van der Waals surface area contributed by atoms with Gasteiger partial charge in [-0.3, -0.25) is 14.4 Å². The summed E-state index contributed by atoms with van der Waals surface area (Å²) in [6.07, 6.45) is 1.72. The van der Waals surface area contributed by atoms with E-state index >= 15 is 0 Å². The van der Waals surface area contributed by atoms with Gasteiger partial charge in [0.2, 0.25) is 5.91 Å². The van der Waals surface area contributed by atoms with E-state index in [0.29, 0.717) is 35.9 Å². The standard InChI is InChI=1S/C26H30N2O7/c1-3-5-14-34-25(31)18-6-10-21(11-7-18)28-16-19(15-24(28)30)26(32)35-17-23(29)27-20-8-12-22(13-9-20)33-4-2/h6-13,19H,3-5,14-17H2,1-2H3,(H,27,29)/t19-/m0/s1. The van der Waals surface area contributed by atoms with Crippen LogP contribution in [0.3, 0.4) is 0 Å². The van der Waals surface area contributed by atoms with Crippen LogP contribution in [-0.4, -0.2) is 50.1 Å². The number of carbonyl (C=O) groups excluding carboxylic acids is 4. The van der Waals surface area contributed by atoms with Gasteiger partial charge < -0.3 is 24.4 Å². The van der Waals surface area contributed by atoms with E-state index in [1.807, 2.05) is 13.8 Å². The maximum atomic E-state index is 12.5. The Balaban J connectivity index is 1.47. The first kappa shape index (κ1) is 25.7. The van der Waals surface area contributed by atoms with E-state index in [-0.39, 0.29) is 18.9 Å². The number of nitrogens with zero attached hydrogens (tertiary/aromatic N) is 1. The molecule has 0 unspecified atom stereocenters. The summed E-state index contributed by atoms with van der Waals surface area (Å²) in [6.45, 7) is 4.48. The third-order valence-corrected chi connectivity index (χ3v) is 5.40. The third kappa shape index (κ3) is 7.30. The molecule has 2 aromatic rings. The van der Waals surface area contributed by atoms with E-state index in [0.717, 1.165) is 12.8 Å². The number of anilines is 2. The van der Waals surface area contributed by atoms with Gasteiger partial charge in [0.1, 0.15) is 5.75 Å². The quantitative estimate of drug-likeness (QED) is 0.385. The van der Waals surface area contributed by atoms with Crippen LogP contribution in [0.25, 0.3) is 0 Å². The Bertz CT molecular complexity index is 1030. The minimum Gasteiger partial charge on any atom is -0.494 e. The van der Waals surface area contributed by atoms with Crippen molar-refractivity contribution in [3.05, 3.63) is 54.1 Å². The summed E-state index contributed by atoms with van der Waals surface area (Å²) in [5, 5.41) is 2.64. The first-order chi connectivity index (χ1) is 16.9. The molecule has 0 saturated carbocycles. The van der Waals surface area contributed by atoms with Crippen molar-refractivity contribution in [2.45, 2.75) is 33.1 Å². The van der Waals surface area contributed by atoms with E-state index in [2.05, 4.69) is 5.32 Å². The van der Waals surface area contributed by atoms with E-state index in [1.54, 1.807) is 48.5 Å². The third-order valence-electron chi connectivity index (χ3n) is 5.40. The summed E-state index contributed by atoms with van der Waals surface area (Å²) >= 11 is 0. The zero-order valence-corrected chi connectivity index (χ0v) is 20.0. The Morgan fingerprint density at radius 1 is 1.00 bits per heavy atom. The van der Waals surface area contributed by atoms with Crippen LogP contribution in [0, 0.1) is 5.92 Å². The van der Waals surface area contributed by atoms with Gasteiger partial charge in [0, 0.05) is 24.3 Å². The molecule has 1 heterocycles. The van der Waals surface area contributed by atoms with Crippen LogP contribution in [-0.2, 0) is 23.9 Å². The zero-order chi connectivity index (χ0) is 25.2. The first-order valence-corrected chi connectivity index (χ1v) is 11.7. The highest BCUT2D eigenvalue weighted by Gasteiger charge is 2.36. The van der Waals surface area contributed by atoms with Crippen molar-refractivity contribution < 1.29 is 33.4 Å². The number of hydrogen-bond donors (Lipinski definition) is 1.